The Labute approximate surface area is 125 Å². The number of piperidine rings is 1. The van der Waals surface area contributed by atoms with Crippen molar-refractivity contribution < 1.29 is 14.6 Å². The van der Waals surface area contributed by atoms with Gasteiger partial charge in [-0.05, 0) is 43.9 Å². The zero-order valence-electron chi connectivity index (χ0n) is 12.3. The Morgan fingerprint density at radius 1 is 1.10 bits per heavy atom. The predicted molar refractivity (Wildman–Crippen MR) is 80.4 cm³/mol. The summed E-state index contributed by atoms with van der Waals surface area (Å²) in [6.07, 6.45) is 7.57. The lowest BCUT2D eigenvalue weighted by Gasteiger charge is -2.33. The minimum absolute atomic E-state index is 0.00483. The normalized spacial score (nSPS) is 20.9. The number of hydrogen-bond acceptors (Lipinski definition) is 3. The molecule has 0 aromatic heterocycles. The third-order valence-corrected chi connectivity index (χ3v) is 4.51. The van der Waals surface area contributed by atoms with Crippen LogP contribution in [0.1, 0.15) is 48.9 Å². The molecule has 21 heavy (non-hydrogen) atoms. The second-order valence-electron chi connectivity index (χ2n) is 6.08. The molecule has 0 radical (unpaired) electrons. The SMILES string of the molecule is O=C(c1cccc(O)c1)N1CCC(OC2CCCC2)CC1. The summed E-state index contributed by atoms with van der Waals surface area (Å²) in [6, 6.07) is 6.57. The van der Waals surface area contributed by atoms with E-state index in [4.69, 9.17) is 4.74 Å². The summed E-state index contributed by atoms with van der Waals surface area (Å²) in [5.74, 6) is 0.144. The molecule has 0 atom stereocenters. The van der Waals surface area contributed by atoms with Gasteiger partial charge >= 0.3 is 0 Å². The number of ether oxygens (including phenoxy) is 1. The van der Waals surface area contributed by atoms with Crippen molar-refractivity contribution in [3.05, 3.63) is 29.8 Å². The molecule has 0 bridgehead atoms. The molecule has 4 heteroatoms. The molecule has 1 heterocycles. The Bertz CT molecular complexity index is 489. The van der Waals surface area contributed by atoms with Crippen molar-refractivity contribution in [3.8, 4) is 5.75 Å². The van der Waals surface area contributed by atoms with Gasteiger partial charge in [-0.1, -0.05) is 18.9 Å². The van der Waals surface area contributed by atoms with Crippen LogP contribution in [0.25, 0.3) is 0 Å². The largest absolute Gasteiger partial charge is 0.508 e. The second-order valence-corrected chi connectivity index (χ2v) is 6.08. The highest BCUT2D eigenvalue weighted by Crippen LogP contribution is 2.26. The van der Waals surface area contributed by atoms with E-state index in [0.29, 0.717) is 17.8 Å². The van der Waals surface area contributed by atoms with E-state index in [-0.39, 0.29) is 11.7 Å². The van der Waals surface area contributed by atoms with Crippen LogP contribution >= 0.6 is 0 Å². The first kappa shape index (κ1) is 14.4. The van der Waals surface area contributed by atoms with E-state index in [2.05, 4.69) is 0 Å². The molecule has 2 aliphatic rings. The van der Waals surface area contributed by atoms with Gasteiger partial charge in [-0.2, -0.15) is 0 Å². The maximum absolute atomic E-state index is 12.4. The minimum Gasteiger partial charge on any atom is -0.508 e. The van der Waals surface area contributed by atoms with Crippen LogP contribution in [0, 0.1) is 0 Å². The molecular weight excluding hydrogens is 266 g/mol. The first-order chi connectivity index (χ1) is 10.2. The summed E-state index contributed by atoms with van der Waals surface area (Å²) < 4.78 is 6.13. The van der Waals surface area contributed by atoms with Gasteiger partial charge in [0.25, 0.3) is 5.91 Å². The number of phenols is 1. The fourth-order valence-electron chi connectivity index (χ4n) is 3.31. The minimum atomic E-state index is 0.00483. The van der Waals surface area contributed by atoms with Crippen molar-refractivity contribution >= 4 is 5.91 Å². The molecule has 4 nitrogen and oxygen atoms in total. The van der Waals surface area contributed by atoms with E-state index in [9.17, 15) is 9.90 Å². The van der Waals surface area contributed by atoms with E-state index in [1.807, 2.05) is 4.90 Å². The molecule has 1 aliphatic carbocycles. The molecule has 1 amide bonds. The van der Waals surface area contributed by atoms with Crippen molar-refractivity contribution in [3.63, 3.8) is 0 Å². The van der Waals surface area contributed by atoms with Crippen LogP contribution in [0.4, 0.5) is 0 Å². The molecule has 1 aromatic rings. The van der Waals surface area contributed by atoms with Crippen LogP contribution in [0.5, 0.6) is 5.75 Å². The van der Waals surface area contributed by atoms with Crippen LogP contribution in [0.2, 0.25) is 0 Å². The van der Waals surface area contributed by atoms with Crippen molar-refractivity contribution in [1.29, 1.82) is 0 Å². The van der Waals surface area contributed by atoms with Crippen LogP contribution in [0.3, 0.4) is 0 Å². The Balaban J connectivity index is 1.52. The third kappa shape index (κ3) is 3.56. The maximum atomic E-state index is 12.4. The van der Waals surface area contributed by atoms with E-state index in [1.165, 1.54) is 31.7 Å². The fourth-order valence-corrected chi connectivity index (χ4v) is 3.31. The Morgan fingerprint density at radius 2 is 1.76 bits per heavy atom. The molecular formula is C17H23NO3. The lowest BCUT2D eigenvalue weighted by Crippen LogP contribution is -2.41. The van der Waals surface area contributed by atoms with Crippen LogP contribution in [-0.2, 0) is 4.74 Å². The summed E-state index contributed by atoms with van der Waals surface area (Å²) in [7, 11) is 0. The molecule has 0 spiro atoms. The highest BCUT2D eigenvalue weighted by atomic mass is 16.5. The summed E-state index contributed by atoms with van der Waals surface area (Å²) >= 11 is 0. The molecule has 3 rings (SSSR count). The average molecular weight is 289 g/mol. The molecule has 2 fully saturated rings. The number of benzene rings is 1. The summed E-state index contributed by atoms with van der Waals surface area (Å²) in [4.78, 5) is 14.2. The molecule has 0 unspecified atom stereocenters. The molecule has 1 N–H and O–H groups in total. The van der Waals surface area contributed by atoms with Gasteiger partial charge in [0.2, 0.25) is 0 Å². The second kappa shape index (κ2) is 6.48. The van der Waals surface area contributed by atoms with Crippen LogP contribution < -0.4 is 0 Å². The van der Waals surface area contributed by atoms with Crippen molar-refractivity contribution in [2.24, 2.45) is 0 Å². The molecule has 114 valence electrons. The standard InChI is InChI=1S/C17H23NO3/c19-14-5-3-4-13(12-14)17(20)18-10-8-16(9-11-18)21-15-6-1-2-7-15/h3-5,12,15-16,19H,1-2,6-11H2. The van der Waals surface area contributed by atoms with Crippen molar-refractivity contribution in [2.75, 3.05) is 13.1 Å². The molecule has 1 aromatic carbocycles. The number of phenolic OH excluding ortho intramolecular Hbond substituents is 1. The number of carbonyl (C=O) groups excluding carboxylic acids is 1. The lowest BCUT2D eigenvalue weighted by atomic mass is 10.1. The highest BCUT2D eigenvalue weighted by molar-refractivity contribution is 5.94. The van der Waals surface area contributed by atoms with Gasteiger partial charge in [-0.25, -0.2) is 0 Å². The van der Waals surface area contributed by atoms with Gasteiger partial charge in [0, 0.05) is 18.7 Å². The number of rotatable bonds is 3. The van der Waals surface area contributed by atoms with E-state index < -0.39 is 0 Å². The Morgan fingerprint density at radius 3 is 2.43 bits per heavy atom. The summed E-state index contributed by atoms with van der Waals surface area (Å²) in [5, 5.41) is 9.47. The number of amides is 1. The van der Waals surface area contributed by atoms with Crippen LogP contribution in [-0.4, -0.2) is 41.2 Å². The highest BCUT2D eigenvalue weighted by Gasteiger charge is 2.27. The zero-order valence-corrected chi connectivity index (χ0v) is 12.3. The van der Waals surface area contributed by atoms with Gasteiger partial charge in [0.1, 0.15) is 5.75 Å². The quantitative estimate of drug-likeness (QED) is 0.930. The molecule has 1 aliphatic heterocycles. The molecule has 1 saturated carbocycles. The number of aromatic hydroxyl groups is 1. The Hall–Kier alpha value is -1.55. The summed E-state index contributed by atoms with van der Waals surface area (Å²) in [5.41, 5.74) is 0.560. The molecule has 1 saturated heterocycles. The average Bonchev–Trinajstić information content (AvgIpc) is 3.00. The number of likely N-dealkylation sites (tertiary alicyclic amines) is 1. The monoisotopic (exact) mass is 289 g/mol. The van der Waals surface area contributed by atoms with Gasteiger partial charge in [-0.15, -0.1) is 0 Å². The van der Waals surface area contributed by atoms with Gasteiger partial charge in [0.05, 0.1) is 12.2 Å². The zero-order chi connectivity index (χ0) is 14.7. The number of hydrogen-bond donors (Lipinski definition) is 1. The first-order valence-corrected chi connectivity index (χ1v) is 7.96. The van der Waals surface area contributed by atoms with E-state index >= 15 is 0 Å². The van der Waals surface area contributed by atoms with Gasteiger partial charge in [-0.3, -0.25) is 4.79 Å². The van der Waals surface area contributed by atoms with E-state index in [1.54, 1.807) is 18.2 Å². The maximum Gasteiger partial charge on any atom is 0.253 e. The van der Waals surface area contributed by atoms with Crippen molar-refractivity contribution in [2.45, 2.75) is 50.7 Å². The third-order valence-electron chi connectivity index (χ3n) is 4.51. The fraction of sp³-hybridized carbons (Fsp3) is 0.588. The van der Waals surface area contributed by atoms with Crippen LogP contribution in [0.15, 0.2) is 24.3 Å². The van der Waals surface area contributed by atoms with Crippen molar-refractivity contribution in [1.82, 2.24) is 4.90 Å². The predicted octanol–water partition coefficient (Wildman–Crippen LogP) is 2.96. The van der Waals surface area contributed by atoms with Gasteiger partial charge < -0.3 is 14.7 Å². The lowest BCUT2D eigenvalue weighted by molar-refractivity contribution is -0.0357. The first-order valence-electron chi connectivity index (χ1n) is 7.96. The number of carbonyl (C=O) groups is 1. The number of nitrogens with zero attached hydrogens (tertiary/aromatic N) is 1. The van der Waals surface area contributed by atoms with E-state index in [0.717, 1.165) is 25.9 Å². The topological polar surface area (TPSA) is 49.8 Å². The smallest absolute Gasteiger partial charge is 0.253 e. The Kier molecular flexibility index (Phi) is 4.44. The van der Waals surface area contributed by atoms with Gasteiger partial charge in [0.15, 0.2) is 0 Å². The summed E-state index contributed by atoms with van der Waals surface area (Å²) in [6.45, 7) is 1.48.